The predicted octanol–water partition coefficient (Wildman–Crippen LogP) is 2.63. The molecule has 0 saturated carbocycles. The Bertz CT molecular complexity index is 576. The number of nitrogens with one attached hydrogen (secondary N) is 1. The summed E-state index contributed by atoms with van der Waals surface area (Å²) in [5.41, 5.74) is 1.86. The number of rotatable bonds is 4. The number of phenolic OH excluding ortho intramolecular Hbond substituents is 1. The van der Waals surface area contributed by atoms with Gasteiger partial charge in [-0.3, -0.25) is 4.79 Å². The molecule has 1 atom stereocenters. The van der Waals surface area contributed by atoms with Crippen LogP contribution < -0.4 is 10.1 Å². The molecular formula is C16H17NO3. The molecule has 0 bridgehead atoms. The SMILES string of the molecule is COc1ccc(C(NC(C)=O)c2ccc(O)cc2)cc1. The zero-order chi connectivity index (χ0) is 14.5. The maximum absolute atomic E-state index is 11.4. The zero-order valence-electron chi connectivity index (χ0n) is 11.5. The Morgan fingerprint density at radius 2 is 1.55 bits per heavy atom. The van der Waals surface area contributed by atoms with Crippen LogP contribution in [0.2, 0.25) is 0 Å². The molecule has 2 aromatic rings. The van der Waals surface area contributed by atoms with Crippen LogP contribution in [-0.4, -0.2) is 18.1 Å². The number of hydrogen-bond donors (Lipinski definition) is 2. The van der Waals surface area contributed by atoms with E-state index in [1.54, 1.807) is 31.4 Å². The molecule has 2 aromatic carbocycles. The van der Waals surface area contributed by atoms with Gasteiger partial charge in [0.1, 0.15) is 11.5 Å². The van der Waals surface area contributed by atoms with Crippen LogP contribution in [0.4, 0.5) is 0 Å². The molecule has 0 radical (unpaired) electrons. The molecule has 104 valence electrons. The van der Waals surface area contributed by atoms with E-state index in [9.17, 15) is 9.90 Å². The summed E-state index contributed by atoms with van der Waals surface area (Å²) >= 11 is 0. The highest BCUT2D eigenvalue weighted by Gasteiger charge is 2.15. The molecule has 0 aliphatic rings. The summed E-state index contributed by atoms with van der Waals surface area (Å²) in [5.74, 6) is 0.852. The van der Waals surface area contributed by atoms with Gasteiger partial charge in [0.25, 0.3) is 0 Å². The Labute approximate surface area is 118 Å². The van der Waals surface area contributed by atoms with Crippen molar-refractivity contribution in [1.29, 1.82) is 0 Å². The van der Waals surface area contributed by atoms with Crippen molar-refractivity contribution in [3.8, 4) is 11.5 Å². The molecule has 0 heterocycles. The van der Waals surface area contributed by atoms with Crippen molar-refractivity contribution >= 4 is 5.91 Å². The number of aromatic hydroxyl groups is 1. The number of ether oxygens (including phenoxy) is 1. The first-order valence-electron chi connectivity index (χ1n) is 6.30. The summed E-state index contributed by atoms with van der Waals surface area (Å²) in [4.78, 5) is 11.4. The molecule has 1 unspecified atom stereocenters. The van der Waals surface area contributed by atoms with E-state index in [0.717, 1.165) is 16.9 Å². The van der Waals surface area contributed by atoms with Crippen LogP contribution >= 0.6 is 0 Å². The van der Waals surface area contributed by atoms with Crippen LogP contribution in [0.5, 0.6) is 11.5 Å². The van der Waals surface area contributed by atoms with Gasteiger partial charge < -0.3 is 15.2 Å². The first kappa shape index (κ1) is 13.9. The Hall–Kier alpha value is -2.49. The molecule has 2 rings (SSSR count). The molecule has 0 spiro atoms. The van der Waals surface area contributed by atoms with Crippen LogP contribution in [-0.2, 0) is 4.79 Å². The van der Waals surface area contributed by atoms with Crippen LogP contribution in [0, 0.1) is 0 Å². The third-order valence-electron chi connectivity index (χ3n) is 3.02. The topological polar surface area (TPSA) is 58.6 Å². The highest BCUT2D eigenvalue weighted by Crippen LogP contribution is 2.25. The summed E-state index contributed by atoms with van der Waals surface area (Å²) in [7, 11) is 1.61. The van der Waals surface area contributed by atoms with E-state index >= 15 is 0 Å². The van der Waals surface area contributed by atoms with Gasteiger partial charge in [0, 0.05) is 6.92 Å². The third-order valence-corrected chi connectivity index (χ3v) is 3.02. The standard InChI is InChI=1S/C16H17NO3/c1-11(18)17-16(12-3-7-14(19)8-4-12)13-5-9-15(20-2)10-6-13/h3-10,16,19H,1-2H3,(H,17,18). The lowest BCUT2D eigenvalue weighted by molar-refractivity contribution is -0.119. The maximum Gasteiger partial charge on any atom is 0.217 e. The van der Waals surface area contributed by atoms with Gasteiger partial charge in [-0.05, 0) is 35.4 Å². The van der Waals surface area contributed by atoms with Gasteiger partial charge >= 0.3 is 0 Å². The van der Waals surface area contributed by atoms with E-state index in [4.69, 9.17) is 4.74 Å². The largest absolute Gasteiger partial charge is 0.508 e. The van der Waals surface area contributed by atoms with Gasteiger partial charge in [-0.1, -0.05) is 24.3 Å². The fraction of sp³-hybridized carbons (Fsp3) is 0.188. The maximum atomic E-state index is 11.4. The average molecular weight is 271 g/mol. The molecule has 20 heavy (non-hydrogen) atoms. The summed E-state index contributed by atoms with van der Waals surface area (Å²) in [6, 6.07) is 14.1. The summed E-state index contributed by atoms with van der Waals surface area (Å²) in [6.07, 6.45) is 0. The Morgan fingerprint density at radius 1 is 1.05 bits per heavy atom. The van der Waals surface area contributed by atoms with E-state index in [1.165, 1.54) is 6.92 Å². The fourth-order valence-electron chi connectivity index (χ4n) is 2.03. The number of benzene rings is 2. The van der Waals surface area contributed by atoms with Gasteiger partial charge in [-0.15, -0.1) is 0 Å². The monoisotopic (exact) mass is 271 g/mol. The quantitative estimate of drug-likeness (QED) is 0.898. The second-order valence-electron chi connectivity index (χ2n) is 4.50. The van der Waals surface area contributed by atoms with Crippen molar-refractivity contribution in [2.24, 2.45) is 0 Å². The van der Waals surface area contributed by atoms with Crippen molar-refractivity contribution in [2.75, 3.05) is 7.11 Å². The molecule has 0 saturated heterocycles. The molecule has 4 nitrogen and oxygen atoms in total. The van der Waals surface area contributed by atoms with Gasteiger partial charge in [-0.2, -0.15) is 0 Å². The minimum atomic E-state index is -0.251. The van der Waals surface area contributed by atoms with Gasteiger partial charge in [0.15, 0.2) is 0 Å². The van der Waals surface area contributed by atoms with E-state index in [0.29, 0.717) is 0 Å². The number of carbonyl (C=O) groups excluding carboxylic acids is 1. The van der Waals surface area contributed by atoms with E-state index in [2.05, 4.69) is 5.32 Å². The molecule has 0 aromatic heterocycles. The smallest absolute Gasteiger partial charge is 0.217 e. The normalized spacial score (nSPS) is 11.7. The third kappa shape index (κ3) is 3.29. The molecule has 4 heteroatoms. The Kier molecular flexibility index (Phi) is 4.25. The van der Waals surface area contributed by atoms with Crippen molar-refractivity contribution in [1.82, 2.24) is 5.32 Å². The van der Waals surface area contributed by atoms with Crippen molar-refractivity contribution < 1.29 is 14.6 Å². The van der Waals surface area contributed by atoms with E-state index < -0.39 is 0 Å². The second kappa shape index (κ2) is 6.10. The lowest BCUT2D eigenvalue weighted by Crippen LogP contribution is -2.26. The van der Waals surface area contributed by atoms with E-state index in [1.807, 2.05) is 24.3 Å². The lowest BCUT2D eigenvalue weighted by Gasteiger charge is -2.19. The summed E-state index contributed by atoms with van der Waals surface area (Å²) < 4.78 is 5.13. The lowest BCUT2D eigenvalue weighted by atomic mass is 9.98. The predicted molar refractivity (Wildman–Crippen MR) is 76.8 cm³/mol. The van der Waals surface area contributed by atoms with Crippen LogP contribution in [0.25, 0.3) is 0 Å². The van der Waals surface area contributed by atoms with Gasteiger partial charge in [0.05, 0.1) is 13.2 Å². The summed E-state index contributed by atoms with van der Waals surface area (Å²) in [6.45, 7) is 1.48. The molecule has 0 aliphatic heterocycles. The van der Waals surface area contributed by atoms with E-state index in [-0.39, 0.29) is 17.7 Å². The molecule has 1 amide bonds. The molecule has 2 N–H and O–H groups in total. The van der Waals surface area contributed by atoms with Crippen molar-refractivity contribution in [3.05, 3.63) is 59.7 Å². The fourth-order valence-corrected chi connectivity index (χ4v) is 2.03. The van der Waals surface area contributed by atoms with Gasteiger partial charge in [0.2, 0.25) is 5.91 Å². The highest BCUT2D eigenvalue weighted by molar-refractivity contribution is 5.74. The number of hydrogen-bond acceptors (Lipinski definition) is 3. The minimum absolute atomic E-state index is 0.112. The Balaban J connectivity index is 2.35. The van der Waals surface area contributed by atoms with Crippen LogP contribution in [0.3, 0.4) is 0 Å². The molecular weight excluding hydrogens is 254 g/mol. The second-order valence-corrected chi connectivity index (χ2v) is 4.50. The first-order chi connectivity index (χ1) is 9.60. The molecule has 0 fully saturated rings. The average Bonchev–Trinajstić information content (AvgIpc) is 2.46. The van der Waals surface area contributed by atoms with Gasteiger partial charge in [-0.25, -0.2) is 0 Å². The molecule has 0 aliphatic carbocycles. The first-order valence-corrected chi connectivity index (χ1v) is 6.30. The number of phenols is 1. The van der Waals surface area contributed by atoms with Crippen molar-refractivity contribution in [3.63, 3.8) is 0 Å². The van der Waals surface area contributed by atoms with Crippen LogP contribution in [0.15, 0.2) is 48.5 Å². The van der Waals surface area contributed by atoms with Crippen LogP contribution in [0.1, 0.15) is 24.1 Å². The van der Waals surface area contributed by atoms with Crippen molar-refractivity contribution in [2.45, 2.75) is 13.0 Å². The number of carbonyl (C=O) groups is 1. The zero-order valence-corrected chi connectivity index (χ0v) is 11.5. The number of amides is 1. The highest BCUT2D eigenvalue weighted by atomic mass is 16.5. The summed E-state index contributed by atoms with van der Waals surface area (Å²) in [5, 5.41) is 12.3. The minimum Gasteiger partial charge on any atom is -0.508 e. The Morgan fingerprint density at radius 3 is 2.00 bits per heavy atom. The number of methoxy groups -OCH3 is 1.